The first-order valence-electron chi connectivity index (χ1n) is 12.9. The number of fused-ring (bicyclic) bond motifs is 3. The molecular formula is C31H32N4O3S. The first-order valence-corrected chi connectivity index (χ1v) is 13.7. The molecule has 8 heteroatoms. The van der Waals surface area contributed by atoms with Crippen LogP contribution in [0.2, 0.25) is 0 Å². The second-order valence-electron chi connectivity index (χ2n) is 10.4. The van der Waals surface area contributed by atoms with Gasteiger partial charge in [-0.05, 0) is 62.9 Å². The van der Waals surface area contributed by atoms with E-state index in [1.54, 1.807) is 31.3 Å². The topological polar surface area (TPSA) is 89.6 Å². The Morgan fingerprint density at radius 3 is 2.49 bits per heavy atom. The van der Waals surface area contributed by atoms with E-state index in [0.717, 1.165) is 49.9 Å². The van der Waals surface area contributed by atoms with Gasteiger partial charge >= 0.3 is 5.97 Å². The highest BCUT2D eigenvalue weighted by atomic mass is 32.1. The third kappa shape index (κ3) is 5.35. The quantitative estimate of drug-likeness (QED) is 0.296. The molecule has 0 fully saturated rings. The van der Waals surface area contributed by atoms with Gasteiger partial charge < -0.3 is 9.84 Å². The van der Waals surface area contributed by atoms with E-state index in [2.05, 4.69) is 60.4 Å². The standard InChI is InChI=1S/C31H32N4O3S/c1-18-19(2)39-30-27(18)28(32-25(17-26(36)38-6)29-34-33-20(3)35(29)30)23-12-10-22(11-13-23)24-9-7-8-21(16-24)14-15-31(4,5)37/h7-16,25,37H,17H2,1-6H3/t25-/m0/s1. The van der Waals surface area contributed by atoms with E-state index >= 15 is 0 Å². The lowest BCUT2D eigenvalue weighted by molar-refractivity contribution is -0.141. The number of aryl methyl sites for hydroxylation is 2. The Hall–Kier alpha value is -3.88. The van der Waals surface area contributed by atoms with Gasteiger partial charge in [0, 0.05) is 16.0 Å². The highest BCUT2D eigenvalue weighted by molar-refractivity contribution is 7.15. The number of hydrogen-bond acceptors (Lipinski definition) is 7. The molecule has 0 saturated carbocycles. The Balaban J connectivity index is 1.59. The molecule has 7 nitrogen and oxygen atoms in total. The van der Waals surface area contributed by atoms with Gasteiger partial charge in [0.2, 0.25) is 0 Å². The van der Waals surface area contributed by atoms with Crippen LogP contribution in [0.3, 0.4) is 0 Å². The fourth-order valence-corrected chi connectivity index (χ4v) is 5.92. The minimum atomic E-state index is -0.870. The summed E-state index contributed by atoms with van der Waals surface area (Å²) in [4.78, 5) is 18.7. The molecule has 39 heavy (non-hydrogen) atoms. The van der Waals surface area contributed by atoms with Gasteiger partial charge in [-0.1, -0.05) is 54.6 Å². The van der Waals surface area contributed by atoms with Crippen LogP contribution in [0.15, 0.2) is 59.6 Å². The second kappa shape index (κ2) is 10.4. The monoisotopic (exact) mass is 540 g/mol. The van der Waals surface area contributed by atoms with Crippen LogP contribution in [0.25, 0.3) is 22.2 Å². The fourth-order valence-electron chi connectivity index (χ4n) is 4.71. The van der Waals surface area contributed by atoms with Crippen molar-refractivity contribution >= 4 is 29.1 Å². The summed E-state index contributed by atoms with van der Waals surface area (Å²) in [5, 5.41) is 19.8. The molecule has 1 N–H and O–H groups in total. The molecule has 0 radical (unpaired) electrons. The minimum absolute atomic E-state index is 0.0775. The minimum Gasteiger partial charge on any atom is -0.469 e. The van der Waals surface area contributed by atoms with Gasteiger partial charge in [-0.15, -0.1) is 21.5 Å². The van der Waals surface area contributed by atoms with E-state index in [1.807, 2.05) is 29.7 Å². The van der Waals surface area contributed by atoms with Crippen LogP contribution in [0.5, 0.6) is 0 Å². The summed E-state index contributed by atoms with van der Waals surface area (Å²) in [6.45, 7) is 9.65. The third-order valence-electron chi connectivity index (χ3n) is 6.89. The summed E-state index contributed by atoms with van der Waals surface area (Å²) in [7, 11) is 1.39. The number of ether oxygens (including phenoxy) is 1. The molecule has 4 aromatic rings. The zero-order chi connectivity index (χ0) is 27.9. The van der Waals surface area contributed by atoms with Crippen molar-refractivity contribution in [1.82, 2.24) is 14.8 Å². The molecule has 200 valence electrons. The lowest BCUT2D eigenvalue weighted by Gasteiger charge is -2.12. The number of rotatable bonds is 6. The maximum absolute atomic E-state index is 12.3. The van der Waals surface area contributed by atoms with Gasteiger partial charge in [0.25, 0.3) is 0 Å². The zero-order valence-electron chi connectivity index (χ0n) is 23.0. The smallest absolute Gasteiger partial charge is 0.308 e. The Morgan fingerprint density at radius 1 is 1.08 bits per heavy atom. The average molecular weight is 541 g/mol. The van der Waals surface area contributed by atoms with Crippen LogP contribution >= 0.6 is 11.3 Å². The maximum atomic E-state index is 12.3. The van der Waals surface area contributed by atoms with Crippen molar-refractivity contribution in [3.05, 3.63) is 93.4 Å². The van der Waals surface area contributed by atoms with Gasteiger partial charge in [-0.25, -0.2) is 0 Å². The van der Waals surface area contributed by atoms with Gasteiger partial charge in [-0.2, -0.15) is 0 Å². The van der Waals surface area contributed by atoms with E-state index in [4.69, 9.17) is 9.73 Å². The van der Waals surface area contributed by atoms with E-state index < -0.39 is 11.6 Å². The van der Waals surface area contributed by atoms with Crippen molar-refractivity contribution in [2.24, 2.45) is 4.99 Å². The summed E-state index contributed by atoms with van der Waals surface area (Å²) in [6.07, 6.45) is 3.80. The largest absolute Gasteiger partial charge is 0.469 e. The molecule has 1 aliphatic heterocycles. The molecule has 0 spiro atoms. The number of carbonyl (C=O) groups is 1. The van der Waals surface area contributed by atoms with E-state index in [-0.39, 0.29) is 12.4 Å². The maximum Gasteiger partial charge on any atom is 0.308 e. The lowest BCUT2D eigenvalue weighted by Crippen LogP contribution is -2.13. The molecule has 3 heterocycles. The van der Waals surface area contributed by atoms with Crippen molar-refractivity contribution in [2.75, 3.05) is 7.11 Å². The fraction of sp³-hybridized carbons (Fsp3) is 0.290. The van der Waals surface area contributed by atoms with Crippen LogP contribution in [0.1, 0.15) is 65.1 Å². The molecule has 1 aliphatic rings. The summed E-state index contributed by atoms with van der Waals surface area (Å²) in [6, 6.07) is 16.0. The first kappa shape index (κ1) is 26.7. The highest BCUT2D eigenvalue weighted by Crippen LogP contribution is 2.39. The molecule has 1 atom stereocenters. The number of nitrogens with zero attached hydrogens (tertiary/aromatic N) is 4. The molecular weight excluding hydrogens is 508 g/mol. The van der Waals surface area contributed by atoms with Crippen molar-refractivity contribution in [3.8, 4) is 16.1 Å². The van der Waals surface area contributed by atoms with Crippen molar-refractivity contribution < 1.29 is 14.6 Å². The molecule has 2 aromatic carbocycles. The summed E-state index contributed by atoms with van der Waals surface area (Å²) >= 11 is 1.69. The SMILES string of the molecule is COC(=O)C[C@@H]1N=C(c2ccc(-c3cccc(C=CC(C)(C)O)c3)cc2)c2c(sc(C)c2C)-n2c(C)nnc21. The van der Waals surface area contributed by atoms with Crippen LogP contribution in [0.4, 0.5) is 0 Å². The number of aromatic nitrogens is 3. The number of thiophene rings is 1. The highest BCUT2D eigenvalue weighted by Gasteiger charge is 2.32. The van der Waals surface area contributed by atoms with Crippen molar-refractivity contribution in [1.29, 1.82) is 0 Å². The van der Waals surface area contributed by atoms with Crippen LogP contribution in [-0.2, 0) is 9.53 Å². The number of aliphatic imine (C=N–C) groups is 1. The Kier molecular flexibility index (Phi) is 7.09. The molecule has 0 saturated heterocycles. The normalized spacial score (nSPS) is 15.1. The van der Waals surface area contributed by atoms with Crippen molar-refractivity contribution in [2.45, 2.75) is 52.7 Å². The van der Waals surface area contributed by atoms with Crippen LogP contribution < -0.4 is 0 Å². The molecule has 0 unspecified atom stereocenters. The van der Waals surface area contributed by atoms with Gasteiger partial charge in [0.15, 0.2) is 5.82 Å². The van der Waals surface area contributed by atoms with E-state index in [0.29, 0.717) is 5.82 Å². The molecule has 0 amide bonds. The number of esters is 1. The second-order valence-corrected chi connectivity index (χ2v) is 11.6. The predicted octanol–water partition coefficient (Wildman–Crippen LogP) is 6.16. The average Bonchev–Trinajstić information content (AvgIpc) is 3.39. The number of hydrogen-bond donors (Lipinski definition) is 1. The predicted molar refractivity (Wildman–Crippen MR) is 156 cm³/mol. The lowest BCUT2D eigenvalue weighted by atomic mass is 9.96. The first-order chi connectivity index (χ1) is 18.6. The third-order valence-corrected chi connectivity index (χ3v) is 8.08. The number of methoxy groups -OCH3 is 1. The van der Waals surface area contributed by atoms with Crippen LogP contribution in [0, 0.1) is 20.8 Å². The summed E-state index contributed by atoms with van der Waals surface area (Å²) in [5.74, 6) is 1.05. The zero-order valence-corrected chi connectivity index (χ0v) is 23.8. The van der Waals surface area contributed by atoms with E-state index in [1.165, 1.54) is 12.0 Å². The molecule has 0 bridgehead atoms. The number of carbonyl (C=O) groups excluding carboxylic acids is 1. The Morgan fingerprint density at radius 2 is 1.79 bits per heavy atom. The summed E-state index contributed by atoms with van der Waals surface area (Å²) < 4.78 is 7.02. The van der Waals surface area contributed by atoms with Crippen LogP contribution in [-0.4, -0.2) is 44.3 Å². The number of aliphatic hydroxyl groups is 1. The Bertz CT molecular complexity index is 1600. The van der Waals surface area contributed by atoms with Gasteiger partial charge in [-0.3, -0.25) is 14.4 Å². The molecule has 0 aliphatic carbocycles. The Labute approximate surface area is 232 Å². The summed E-state index contributed by atoms with van der Waals surface area (Å²) in [5.41, 5.74) is 6.29. The van der Waals surface area contributed by atoms with Crippen molar-refractivity contribution in [3.63, 3.8) is 0 Å². The van der Waals surface area contributed by atoms with Gasteiger partial charge in [0.1, 0.15) is 16.9 Å². The molecule has 2 aromatic heterocycles. The molecule has 5 rings (SSSR count). The van der Waals surface area contributed by atoms with Gasteiger partial charge in [0.05, 0.1) is 24.8 Å². The number of benzene rings is 2. The van der Waals surface area contributed by atoms with E-state index in [9.17, 15) is 9.90 Å².